The molecule has 1 rings (SSSR count). The lowest BCUT2D eigenvalue weighted by atomic mass is 9.68. The van der Waals surface area contributed by atoms with Gasteiger partial charge in [-0.25, -0.2) is 0 Å². The van der Waals surface area contributed by atoms with Crippen LogP contribution in [-0.2, 0) is 4.79 Å². The fraction of sp³-hybridized carbons (Fsp3) is 0.833. The third kappa shape index (κ3) is 0.803. The maximum Gasteiger partial charge on any atom is 0.324 e. The van der Waals surface area contributed by atoms with Gasteiger partial charge in [0.15, 0.2) is 0 Å². The number of nitrogens with two attached hydrogens (primary N) is 1. The summed E-state index contributed by atoms with van der Waals surface area (Å²) in [6.45, 7) is -0.122. The van der Waals surface area contributed by atoms with Crippen molar-refractivity contribution in [2.45, 2.75) is 18.4 Å². The minimum atomic E-state index is -1.14. The average Bonchev–Trinajstić information content (AvgIpc) is 1.85. The number of aliphatic carboxylic acids is 1. The standard InChI is InChI=1S/C6H11NO3/c7-6(5(9)10)2-1-4(6)3-8/h4,8H,1-3,7H2,(H,9,10)/t4?,6-/m1/s1. The number of aliphatic hydroxyl groups excluding tert-OH is 1. The van der Waals surface area contributed by atoms with Crippen molar-refractivity contribution in [2.75, 3.05) is 6.61 Å². The highest BCUT2D eigenvalue weighted by atomic mass is 16.4. The van der Waals surface area contributed by atoms with E-state index < -0.39 is 11.5 Å². The zero-order valence-electron chi connectivity index (χ0n) is 5.58. The molecule has 1 unspecified atom stereocenters. The Kier molecular flexibility index (Phi) is 1.66. The molecule has 1 aliphatic rings. The zero-order valence-corrected chi connectivity index (χ0v) is 5.58. The molecule has 58 valence electrons. The molecule has 2 atom stereocenters. The SMILES string of the molecule is N[C@]1(C(=O)O)CCC1CO. The molecule has 0 amide bonds. The lowest BCUT2D eigenvalue weighted by Crippen LogP contribution is -2.61. The molecule has 4 N–H and O–H groups in total. The normalized spacial score (nSPS) is 38.8. The fourth-order valence-electron chi connectivity index (χ4n) is 1.20. The molecule has 1 fully saturated rings. The van der Waals surface area contributed by atoms with Crippen LogP contribution in [0.5, 0.6) is 0 Å². The first-order chi connectivity index (χ1) is 4.61. The zero-order chi connectivity index (χ0) is 7.78. The largest absolute Gasteiger partial charge is 0.480 e. The summed E-state index contributed by atoms with van der Waals surface area (Å²) < 4.78 is 0. The van der Waals surface area contributed by atoms with Crippen LogP contribution in [0.1, 0.15) is 12.8 Å². The monoisotopic (exact) mass is 145 g/mol. The van der Waals surface area contributed by atoms with Gasteiger partial charge in [-0.3, -0.25) is 4.79 Å². The van der Waals surface area contributed by atoms with Gasteiger partial charge in [0.2, 0.25) is 0 Å². The van der Waals surface area contributed by atoms with E-state index in [1.807, 2.05) is 0 Å². The first-order valence-electron chi connectivity index (χ1n) is 3.24. The predicted molar refractivity (Wildman–Crippen MR) is 34.4 cm³/mol. The molecular formula is C6H11NO3. The molecule has 0 heterocycles. The molecule has 10 heavy (non-hydrogen) atoms. The van der Waals surface area contributed by atoms with Crippen molar-refractivity contribution in [3.63, 3.8) is 0 Å². The van der Waals surface area contributed by atoms with Gasteiger partial charge in [0.05, 0.1) is 0 Å². The Morgan fingerprint density at radius 1 is 1.80 bits per heavy atom. The quantitative estimate of drug-likeness (QED) is 0.473. The van der Waals surface area contributed by atoms with Gasteiger partial charge in [-0.05, 0) is 12.8 Å². The second-order valence-corrected chi connectivity index (χ2v) is 2.76. The van der Waals surface area contributed by atoms with Crippen LogP contribution >= 0.6 is 0 Å². The van der Waals surface area contributed by atoms with E-state index >= 15 is 0 Å². The molecule has 0 aromatic rings. The Morgan fingerprint density at radius 3 is 2.50 bits per heavy atom. The molecule has 0 radical (unpaired) electrons. The van der Waals surface area contributed by atoms with Gasteiger partial charge in [0.1, 0.15) is 5.54 Å². The molecule has 0 aromatic heterocycles. The lowest BCUT2D eigenvalue weighted by molar-refractivity contribution is -0.151. The third-order valence-corrected chi connectivity index (χ3v) is 2.25. The summed E-state index contributed by atoms with van der Waals surface area (Å²) in [5.41, 5.74) is 4.30. The molecule has 0 bridgehead atoms. The van der Waals surface area contributed by atoms with Crippen molar-refractivity contribution in [3.05, 3.63) is 0 Å². The van der Waals surface area contributed by atoms with Gasteiger partial charge in [-0.1, -0.05) is 0 Å². The van der Waals surface area contributed by atoms with Crippen LogP contribution in [0.3, 0.4) is 0 Å². The summed E-state index contributed by atoms with van der Waals surface area (Å²) in [5, 5.41) is 17.2. The van der Waals surface area contributed by atoms with Crippen molar-refractivity contribution in [3.8, 4) is 0 Å². The van der Waals surface area contributed by atoms with E-state index in [0.717, 1.165) is 6.42 Å². The minimum absolute atomic E-state index is 0.122. The molecule has 1 saturated carbocycles. The smallest absolute Gasteiger partial charge is 0.324 e. The van der Waals surface area contributed by atoms with Crippen molar-refractivity contribution >= 4 is 5.97 Å². The summed E-state index contributed by atoms with van der Waals surface area (Å²) >= 11 is 0. The average molecular weight is 145 g/mol. The molecule has 4 heteroatoms. The van der Waals surface area contributed by atoms with Crippen molar-refractivity contribution < 1.29 is 15.0 Å². The van der Waals surface area contributed by atoms with Crippen molar-refractivity contribution in [1.29, 1.82) is 0 Å². The first-order valence-corrected chi connectivity index (χ1v) is 3.24. The topological polar surface area (TPSA) is 83.6 Å². The highest BCUT2D eigenvalue weighted by molar-refractivity contribution is 5.80. The van der Waals surface area contributed by atoms with Gasteiger partial charge < -0.3 is 15.9 Å². The van der Waals surface area contributed by atoms with Crippen molar-refractivity contribution in [2.24, 2.45) is 11.7 Å². The van der Waals surface area contributed by atoms with Crippen LogP contribution < -0.4 is 5.73 Å². The van der Waals surface area contributed by atoms with Crippen molar-refractivity contribution in [1.82, 2.24) is 0 Å². The highest BCUT2D eigenvalue weighted by Crippen LogP contribution is 2.35. The van der Waals surface area contributed by atoms with Crippen LogP contribution in [0.4, 0.5) is 0 Å². The van der Waals surface area contributed by atoms with Gasteiger partial charge >= 0.3 is 5.97 Å². The summed E-state index contributed by atoms with van der Waals surface area (Å²) in [6, 6.07) is 0. The molecular weight excluding hydrogens is 134 g/mol. The number of carboxylic acids is 1. The van der Waals surface area contributed by atoms with E-state index in [2.05, 4.69) is 0 Å². The van der Waals surface area contributed by atoms with Crippen LogP contribution in [0.25, 0.3) is 0 Å². The Labute approximate surface area is 58.6 Å². The van der Waals surface area contributed by atoms with Gasteiger partial charge in [0, 0.05) is 12.5 Å². The predicted octanol–water partition coefficient (Wildman–Crippen LogP) is -0.829. The fourth-order valence-corrected chi connectivity index (χ4v) is 1.20. The van der Waals surface area contributed by atoms with E-state index in [4.69, 9.17) is 15.9 Å². The van der Waals surface area contributed by atoms with Gasteiger partial charge in [-0.2, -0.15) is 0 Å². The maximum atomic E-state index is 10.4. The van der Waals surface area contributed by atoms with Crippen LogP contribution in [0.15, 0.2) is 0 Å². The van der Waals surface area contributed by atoms with E-state index in [-0.39, 0.29) is 12.5 Å². The summed E-state index contributed by atoms with van der Waals surface area (Å²) in [5.74, 6) is -1.25. The minimum Gasteiger partial charge on any atom is -0.480 e. The Balaban J connectivity index is 2.61. The number of rotatable bonds is 2. The van der Waals surface area contributed by atoms with E-state index in [0.29, 0.717) is 6.42 Å². The van der Waals surface area contributed by atoms with Crippen LogP contribution in [-0.4, -0.2) is 28.3 Å². The first kappa shape index (κ1) is 7.50. The number of hydrogen-bond acceptors (Lipinski definition) is 3. The molecule has 0 spiro atoms. The molecule has 0 aromatic carbocycles. The Bertz CT molecular complexity index is 157. The Morgan fingerprint density at radius 2 is 2.40 bits per heavy atom. The van der Waals surface area contributed by atoms with Gasteiger partial charge in [-0.15, -0.1) is 0 Å². The number of carboxylic acid groups (broad SMARTS) is 1. The lowest BCUT2D eigenvalue weighted by Gasteiger charge is -2.41. The highest BCUT2D eigenvalue weighted by Gasteiger charge is 2.49. The summed E-state index contributed by atoms with van der Waals surface area (Å²) in [7, 11) is 0. The maximum absolute atomic E-state index is 10.4. The van der Waals surface area contributed by atoms with Gasteiger partial charge in [0.25, 0.3) is 0 Å². The Hall–Kier alpha value is -0.610. The third-order valence-electron chi connectivity index (χ3n) is 2.25. The summed E-state index contributed by atoms with van der Waals surface area (Å²) in [4.78, 5) is 10.4. The molecule has 0 aliphatic heterocycles. The van der Waals surface area contributed by atoms with E-state index in [9.17, 15) is 4.79 Å². The summed E-state index contributed by atoms with van der Waals surface area (Å²) in [6.07, 6.45) is 1.20. The number of aliphatic hydroxyl groups is 1. The van der Waals surface area contributed by atoms with Crippen LogP contribution in [0.2, 0.25) is 0 Å². The van der Waals surface area contributed by atoms with Crippen LogP contribution in [0, 0.1) is 5.92 Å². The van der Waals surface area contributed by atoms with E-state index in [1.165, 1.54) is 0 Å². The molecule has 1 aliphatic carbocycles. The second kappa shape index (κ2) is 2.21. The second-order valence-electron chi connectivity index (χ2n) is 2.76. The number of hydrogen-bond donors (Lipinski definition) is 3. The van der Waals surface area contributed by atoms with E-state index in [1.54, 1.807) is 0 Å². The molecule has 0 saturated heterocycles. The number of carbonyl (C=O) groups is 1. The molecule has 4 nitrogen and oxygen atoms in total.